The molecule has 0 heterocycles. The largest absolute Gasteiger partial charge is 0.466 e. The second-order valence-corrected chi connectivity index (χ2v) is 4.74. The number of hydrogen-bond donors (Lipinski definition) is 0. The zero-order chi connectivity index (χ0) is 13.0. The maximum Gasteiger partial charge on any atom is 0.309 e. The molecule has 0 N–H and O–H groups in total. The lowest BCUT2D eigenvalue weighted by Gasteiger charge is -2.27. The van der Waals surface area contributed by atoms with E-state index in [0.717, 1.165) is 5.56 Å². The van der Waals surface area contributed by atoms with Gasteiger partial charge in [0.05, 0.1) is 12.5 Å². The van der Waals surface area contributed by atoms with Crippen molar-refractivity contribution in [2.45, 2.75) is 32.1 Å². The number of carbonyl (C=O) groups is 2. The smallest absolute Gasteiger partial charge is 0.309 e. The lowest BCUT2D eigenvalue weighted by Crippen LogP contribution is -2.28. The Bertz CT molecular complexity index is 425. The first kappa shape index (κ1) is 12.8. The van der Waals surface area contributed by atoms with Gasteiger partial charge in [-0.25, -0.2) is 0 Å². The molecule has 1 aromatic carbocycles. The number of ether oxygens (including phenoxy) is 1. The maximum absolute atomic E-state index is 11.8. The Morgan fingerprint density at radius 2 is 2.00 bits per heavy atom. The summed E-state index contributed by atoms with van der Waals surface area (Å²) in [7, 11) is 0. The van der Waals surface area contributed by atoms with E-state index in [1.165, 1.54) is 0 Å². The third-order valence-corrected chi connectivity index (χ3v) is 3.41. The van der Waals surface area contributed by atoms with Gasteiger partial charge in [-0.1, -0.05) is 30.3 Å². The molecule has 2 rings (SSSR count). The first-order valence-corrected chi connectivity index (χ1v) is 6.44. The number of Topliss-reactive ketones (excluding diaryl/α,β-unsaturated/α-hetero) is 1. The molecule has 1 aliphatic carbocycles. The predicted molar refractivity (Wildman–Crippen MR) is 68.2 cm³/mol. The van der Waals surface area contributed by atoms with Crippen molar-refractivity contribution in [1.29, 1.82) is 0 Å². The molecule has 0 spiro atoms. The minimum absolute atomic E-state index is 0.154. The zero-order valence-corrected chi connectivity index (χ0v) is 10.6. The zero-order valence-electron chi connectivity index (χ0n) is 10.6. The molecule has 18 heavy (non-hydrogen) atoms. The van der Waals surface area contributed by atoms with E-state index in [1.54, 1.807) is 6.92 Å². The van der Waals surface area contributed by atoms with Crippen LogP contribution in [0.1, 0.15) is 37.7 Å². The van der Waals surface area contributed by atoms with Crippen LogP contribution in [0.25, 0.3) is 0 Å². The number of hydrogen-bond acceptors (Lipinski definition) is 3. The Kier molecular flexibility index (Phi) is 4.13. The summed E-state index contributed by atoms with van der Waals surface area (Å²) in [5.74, 6) is -0.183. The molecule has 1 aromatic rings. The van der Waals surface area contributed by atoms with Gasteiger partial charge < -0.3 is 4.74 Å². The van der Waals surface area contributed by atoms with Crippen molar-refractivity contribution in [1.82, 2.24) is 0 Å². The predicted octanol–water partition coefficient (Wildman–Crippen LogP) is 2.70. The van der Waals surface area contributed by atoms with E-state index in [9.17, 15) is 9.59 Å². The summed E-state index contributed by atoms with van der Waals surface area (Å²) < 4.78 is 5.02. The quantitative estimate of drug-likeness (QED) is 0.770. The highest BCUT2D eigenvalue weighted by Crippen LogP contribution is 2.34. The molecule has 0 bridgehead atoms. The van der Waals surface area contributed by atoms with Crippen LogP contribution >= 0.6 is 0 Å². The third kappa shape index (κ3) is 2.97. The van der Waals surface area contributed by atoms with Gasteiger partial charge in [-0.15, -0.1) is 0 Å². The van der Waals surface area contributed by atoms with Gasteiger partial charge in [0.2, 0.25) is 0 Å². The fourth-order valence-corrected chi connectivity index (χ4v) is 2.56. The van der Waals surface area contributed by atoms with E-state index >= 15 is 0 Å². The van der Waals surface area contributed by atoms with Crippen LogP contribution in [0.3, 0.4) is 0 Å². The van der Waals surface area contributed by atoms with Crippen LogP contribution in [0.2, 0.25) is 0 Å². The van der Waals surface area contributed by atoms with Gasteiger partial charge in [0, 0.05) is 12.8 Å². The molecule has 3 nitrogen and oxygen atoms in total. The van der Waals surface area contributed by atoms with Crippen molar-refractivity contribution in [2.75, 3.05) is 6.61 Å². The van der Waals surface area contributed by atoms with Crippen molar-refractivity contribution < 1.29 is 14.3 Å². The summed E-state index contributed by atoms with van der Waals surface area (Å²) >= 11 is 0. The van der Waals surface area contributed by atoms with Crippen LogP contribution < -0.4 is 0 Å². The SMILES string of the molecule is CCOC(=O)C1CC(=O)CC(c2ccccc2)C1. The molecule has 0 aromatic heterocycles. The van der Waals surface area contributed by atoms with Gasteiger partial charge >= 0.3 is 5.97 Å². The van der Waals surface area contributed by atoms with E-state index < -0.39 is 0 Å². The second kappa shape index (κ2) is 5.80. The van der Waals surface area contributed by atoms with E-state index in [-0.39, 0.29) is 23.6 Å². The molecule has 96 valence electrons. The Morgan fingerprint density at radius 3 is 2.67 bits per heavy atom. The number of esters is 1. The number of carbonyl (C=O) groups excluding carboxylic acids is 2. The first-order valence-electron chi connectivity index (χ1n) is 6.44. The van der Waals surface area contributed by atoms with E-state index in [2.05, 4.69) is 0 Å². The van der Waals surface area contributed by atoms with Crippen LogP contribution in [0, 0.1) is 5.92 Å². The Labute approximate surface area is 107 Å². The summed E-state index contributed by atoms with van der Waals surface area (Å²) in [6.07, 6.45) is 1.59. The third-order valence-electron chi connectivity index (χ3n) is 3.41. The van der Waals surface area contributed by atoms with Crippen molar-refractivity contribution >= 4 is 11.8 Å². The lowest BCUT2D eigenvalue weighted by atomic mass is 9.77. The molecule has 0 saturated heterocycles. The maximum atomic E-state index is 11.8. The van der Waals surface area contributed by atoms with E-state index in [0.29, 0.717) is 25.9 Å². The summed E-state index contributed by atoms with van der Waals surface area (Å²) in [6, 6.07) is 9.93. The summed E-state index contributed by atoms with van der Waals surface area (Å²) in [6.45, 7) is 2.16. The fourth-order valence-electron chi connectivity index (χ4n) is 2.56. The van der Waals surface area contributed by atoms with Gasteiger partial charge in [-0.05, 0) is 24.8 Å². The van der Waals surface area contributed by atoms with Crippen LogP contribution in [-0.2, 0) is 14.3 Å². The highest BCUT2D eigenvalue weighted by Gasteiger charge is 2.33. The second-order valence-electron chi connectivity index (χ2n) is 4.74. The molecule has 1 saturated carbocycles. The van der Waals surface area contributed by atoms with Crippen molar-refractivity contribution in [2.24, 2.45) is 5.92 Å². The monoisotopic (exact) mass is 246 g/mol. The van der Waals surface area contributed by atoms with Crippen molar-refractivity contribution in [3.8, 4) is 0 Å². The van der Waals surface area contributed by atoms with Crippen LogP contribution in [0.5, 0.6) is 0 Å². The molecular weight excluding hydrogens is 228 g/mol. The first-order chi connectivity index (χ1) is 8.70. The average Bonchev–Trinajstić information content (AvgIpc) is 2.39. The van der Waals surface area contributed by atoms with Crippen molar-refractivity contribution in [3.63, 3.8) is 0 Å². The number of rotatable bonds is 3. The van der Waals surface area contributed by atoms with Crippen LogP contribution in [0.15, 0.2) is 30.3 Å². The van der Waals surface area contributed by atoms with Gasteiger partial charge in [0.25, 0.3) is 0 Å². The summed E-state index contributed by atoms with van der Waals surface area (Å²) in [4.78, 5) is 23.5. The highest BCUT2D eigenvalue weighted by atomic mass is 16.5. The van der Waals surface area contributed by atoms with Crippen LogP contribution in [0.4, 0.5) is 0 Å². The topological polar surface area (TPSA) is 43.4 Å². The molecule has 2 atom stereocenters. The summed E-state index contributed by atoms with van der Waals surface area (Å²) in [5, 5.41) is 0. The molecule has 1 fully saturated rings. The molecule has 3 heteroatoms. The standard InChI is InChI=1S/C15H18O3/c1-2-18-15(17)13-8-12(9-14(16)10-13)11-6-4-3-5-7-11/h3-7,12-13H,2,8-10H2,1H3. The minimum atomic E-state index is -0.267. The molecule has 0 amide bonds. The fraction of sp³-hybridized carbons (Fsp3) is 0.467. The molecular formula is C15H18O3. The summed E-state index contributed by atoms with van der Waals surface area (Å²) in [5.41, 5.74) is 1.14. The van der Waals surface area contributed by atoms with E-state index in [1.807, 2.05) is 30.3 Å². The molecule has 0 aliphatic heterocycles. The lowest BCUT2D eigenvalue weighted by molar-refractivity contribution is -0.151. The van der Waals surface area contributed by atoms with Gasteiger partial charge in [0.1, 0.15) is 5.78 Å². The van der Waals surface area contributed by atoms with Gasteiger partial charge in [0.15, 0.2) is 0 Å². The van der Waals surface area contributed by atoms with E-state index in [4.69, 9.17) is 4.74 Å². The van der Waals surface area contributed by atoms with Crippen LogP contribution in [-0.4, -0.2) is 18.4 Å². The Hall–Kier alpha value is -1.64. The van der Waals surface area contributed by atoms with Gasteiger partial charge in [-0.3, -0.25) is 9.59 Å². The minimum Gasteiger partial charge on any atom is -0.466 e. The Balaban J connectivity index is 2.10. The Morgan fingerprint density at radius 1 is 1.28 bits per heavy atom. The van der Waals surface area contributed by atoms with Crippen molar-refractivity contribution in [3.05, 3.63) is 35.9 Å². The van der Waals surface area contributed by atoms with Gasteiger partial charge in [-0.2, -0.15) is 0 Å². The molecule has 2 unspecified atom stereocenters. The normalized spacial score (nSPS) is 23.7. The number of benzene rings is 1. The molecule has 1 aliphatic rings. The molecule has 0 radical (unpaired) electrons. The number of ketones is 1. The average molecular weight is 246 g/mol. The highest BCUT2D eigenvalue weighted by molar-refractivity contribution is 5.86.